The second-order valence-corrected chi connectivity index (χ2v) is 8.87. The highest BCUT2D eigenvalue weighted by Gasteiger charge is 2.18. The van der Waals surface area contributed by atoms with Crippen molar-refractivity contribution in [3.8, 4) is 5.75 Å². The lowest BCUT2D eigenvalue weighted by atomic mass is 10.1. The summed E-state index contributed by atoms with van der Waals surface area (Å²) in [6.07, 6.45) is 2.18. The molecule has 1 fully saturated rings. The molecule has 0 bridgehead atoms. The van der Waals surface area contributed by atoms with E-state index in [4.69, 9.17) is 9.47 Å². The minimum Gasteiger partial charge on any atom is -0.490 e. The van der Waals surface area contributed by atoms with Gasteiger partial charge in [-0.1, -0.05) is 24.3 Å². The molecule has 3 aromatic rings. The smallest absolute Gasteiger partial charge is 0.258 e. The van der Waals surface area contributed by atoms with Gasteiger partial charge in [-0.2, -0.15) is 0 Å². The Hall–Kier alpha value is -3.16. The lowest BCUT2D eigenvalue weighted by Gasteiger charge is -2.21. The number of amides is 2. The Morgan fingerprint density at radius 3 is 2.59 bits per heavy atom. The van der Waals surface area contributed by atoms with Crippen molar-refractivity contribution >= 4 is 39.1 Å². The number of hydrogen-bond acceptors (Lipinski definition) is 4. The van der Waals surface area contributed by atoms with Gasteiger partial charge in [0.1, 0.15) is 12.4 Å². The Bertz CT molecular complexity index is 1150. The Labute approximate surface area is 208 Å². The van der Waals surface area contributed by atoms with Gasteiger partial charge in [0.25, 0.3) is 11.8 Å². The van der Waals surface area contributed by atoms with Crippen LogP contribution in [0.15, 0.2) is 77.3 Å². The summed E-state index contributed by atoms with van der Waals surface area (Å²) in [7, 11) is 0. The lowest BCUT2D eigenvalue weighted by molar-refractivity contribution is 0.0677. The fourth-order valence-corrected chi connectivity index (χ4v) is 4.35. The van der Waals surface area contributed by atoms with Crippen molar-refractivity contribution < 1.29 is 19.1 Å². The van der Waals surface area contributed by atoms with Crippen LogP contribution in [0.1, 0.15) is 40.5 Å². The van der Waals surface area contributed by atoms with Crippen molar-refractivity contribution in [2.24, 2.45) is 0 Å². The third-order valence-corrected chi connectivity index (χ3v) is 6.26. The van der Waals surface area contributed by atoms with Crippen molar-refractivity contribution in [2.45, 2.75) is 25.9 Å². The van der Waals surface area contributed by atoms with Gasteiger partial charge in [0.05, 0.1) is 10.6 Å². The van der Waals surface area contributed by atoms with E-state index in [2.05, 4.69) is 21.2 Å². The standard InChI is InChI=1S/C27H27BrN2O4/c1-2-30(22-10-4-3-5-11-22)27(32)20-8-6-9-21(16-20)29-26(31)19-13-14-25(24(28)17-19)34-18-23-12-7-15-33-23/h3-6,8-11,13-14,16-17,23H,2,7,12,15,18H2,1H3,(H,29,31). The highest BCUT2D eigenvalue weighted by atomic mass is 79.9. The Balaban J connectivity index is 1.42. The van der Waals surface area contributed by atoms with E-state index in [1.54, 1.807) is 47.4 Å². The van der Waals surface area contributed by atoms with Gasteiger partial charge in [0.15, 0.2) is 0 Å². The van der Waals surface area contributed by atoms with Crippen molar-refractivity contribution in [1.29, 1.82) is 0 Å². The second kappa shape index (κ2) is 11.3. The van der Waals surface area contributed by atoms with Gasteiger partial charge >= 0.3 is 0 Å². The number of hydrogen-bond donors (Lipinski definition) is 1. The molecule has 1 aliphatic heterocycles. The summed E-state index contributed by atoms with van der Waals surface area (Å²) in [6.45, 7) is 3.74. The maximum atomic E-state index is 13.1. The largest absolute Gasteiger partial charge is 0.490 e. The molecule has 1 saturated heterocycles. The quantitative estimate of drug-likeness (QED) is 0.398. The first-order valence-electron chi connectivity index (χ1n) is 11.4. The number of rotatable bonds is 8. The van der Waals surface area contributed by atoms with E-state index in [9.17, 15) is 9.59 Å². The summed E-state index contributed by atoms with van der Waals surface area (Å²) in [5.41, 5.74) is 2.36. The Morgan fingerprint density at radius 1 is 1.06 bits per heavy atom. The molecular weight excluding hydrogens is 496 g/mol. The molecule has 0 spiro atoms. The lowest BCUT2D eigenvalue weighted by Crippen LogP contribution is -2.30. The first kappa shape index (κ1) is 24.0. The summed E-state index contributed by atoms with van der Waals surface area (Å²) in [5.74, 6) is 0.270. The number of nitrogens with one attached hydrogen (secondary N) is 1. The highest BCUT2D eigenvalue weighted by Crippen LogP contribution is 2.28. The predicted octanol–water partition coefficient (Wildman–Crippen LogP) is 5.93. The molecule has 1 N–H and O–H groups in total. The third-order valence-electron chi connectivity index (χ3n) is 5.64. The van der Waals surface area contributed by atoms with Gasteiger partial charge in [0.2, 0.25) is 0 Å². The van der Waals surface area contributed by atoms with Gasteiger partial charge in [0, 0.05) is 35.7 Å². The zero-order valence-corrected chi connectivity index (χ0v) is 20.6. The number of para-hydroxylation sites is 1. The molecule has 1 unspecified atom stereocenters. The summed E-state index contributed by atoms with van der Waals surface area (Å²) in [5, 5.41) is 2.88. The van der Waals surface area contributed by atoms with E-state index in [1.165, 1.54) is 0 Å². The molecule has 4 rings (SSSR count). The SMILES string of the molecule is CCN(C(=O)c1cccc(NC(=O)c2ccc(OCC3CCCO3)c(Br)c2)c1)c1ccccc1. The van der Waals surface area contributed by atoms with Crippen LogP contribution in [0.5, 0.6) is 5.75 Å². The van der Waals surface area contributed by atoms with E-state index in [0.717, 1.165) is 25.1 Å². The van der Waals surface area contributed by atoms with Crippen molar-refractivity contribution in [2.75, 3.05) is 30.0 Å². The molecule has 176 valence electrons. The maximum Gasteiger partial charge on any atom is 0.258 e. The van der Waals surface area contributed by atoms with E-state index in [1.807, 2.05) is 37.3 Å². The normalized spacial score (nSPS) is 15.1. The number of carbonyl (C=O) groups is 2. The minimum atomic E-state index is -0.272. The van der Waals surface area contributed by atoms with Crippen LogP contribution >= 0.6 is 15.9 Å². The van der Waals surface area contributed by atoms with Crippen LogP contribution in [0.3, 0.4) is 0 Å². The zero-order chi connectivity index (χ0) is 23.9. The van der Waals surface area contributed by atoms with Crippen LogP contribution in [-0.2, 0) is 4.74 Å². The molecule has 0 saturated carbocycles. The Morgan fingerprint density at radius 2 is 1.88 bits per heavy atom. The monoisotopic (exact) mass is 522 g/mol. The van der Waals surface area contributed by atoms with Gasteiger partial charge < -0.3 is 19.7 Å². The average molecular weight is 523 g/mol. The van der Waals surface area contributed by atoms with Crippen LogP contribution in [0.2, 0.25) is 0 Å². The number of nitrogens with zero attached hydrogens (tertiary/aromatic N) is 1. The fourth-order valence-electron chi connectivity index (χ4n) is 3.86. The van der Waals surface area contributed by atoms with Gasteiger partial charge in [-0.05, 0) is 84.2 Å². The van der Waals surface area contributed by atoms with Crippen LogP contribution in [-0.4, -0.2) is 37.7 Å². The van der Waals surface area contributed by atoms with Gasteiger partial charge in [-0.15, -0.1) is 0 Å². The summed E-state index contributed by atoms with van der Waals surface area (Å²) in [4.78, 5) is 27.7. The molecular formula is C27H27BrN2O4. The fraction of sp³-hybridized carbons (Fsp3) is 0.259. The second-order valence-electron chi connectivity index (χ2n) is 8.01. The Kier molecular flexibility index (Phi) is 7.98. The van der Waals surface area contributed by atoms with Crippen LogP contribution in [0.4, 0.5) is 11.4 Å². The van der Waals surface area contributed by atoms with Crippen molar-refractivity contribution in [3.05, 3.63) is 88.4 Å². The predicted molar refractivity (Wildman–Crippen MR) is 137 cm³/mol. The first-order valence-corrected chi connectivity index (χ1v) is 12.2. The summed E-state index contributed by atoms with van der Waals surface area (Å²) >= 11 is 3.49. The van der Waals surface area contributed by atoms with E-state index in [0.29, 0.717) is 40.2 Å². The average Bonchev–Trinajstić information content (AvgIpc) is 3.38. The molecule has 3 aromatic carbocycles. The molecule has 0 radical (unpaired) electrons. The van der Waals surface area contributed by atoms with Crippen LogP contribution < -0.4 is 15.0 Å². The maximum absolute atomic E-state index is 13.1. The molecule has 1 aliphatic rings. The number of carbonyl (C=O) groups excluding carboxylic acids is 2. The summed E-state index contributed by atoms with van der Waals surface area (Å²) in [6, 6.07) is 21.7. The molecule has 0 aromatic heterocycles. The minimum absolute atomic E-state index is 0.121. The van der Waals surface area contributed by atoms with Gasteiger partial charge in [-0.25, -0.2) is 0 Å². The molecule has 1 heterocycles. The summed E-state index contributed by atoms with van der Waals surface area (Å²) < 4.78 is 12.1. The zero-order valence-electron chi connectivity index (χ0n) is 19.0. The van der Waals surface area contributed by atoms with Crippen molar-refractivity contribution in [1.82, 2.24) is 0 Å². The third kappa shape index (κ3) is 5.85. The number of benzene rings is 3. The van der Waals surface area contributed by atoms with Crippen LogP contribution in [0, 0.1) is 0 Å². The number of anilines is 2. The van der Waals surface area contributed by atoms with E-state index in [-0.39, 0.29) is 17.9 Å². The first-order chi connectivity index (χ1) is 16.5. The molecule has 34 heavy (non-hydrogen) atoms. The topological polar surface area (TPSA) is 67.9 Å². The van der Waals surface area contributed by atoms with E-state index >= 15 is 0 Å². The van der Waals surface area contributed by atoms with E-state index < -0.39 is 0 Å². The molecule has 1 atom stereocenters. The van der Waals surface area contributed by atoms with Gasteiger partial charge in [-0.3, -0.25) is 9.59 Å². The van der Waals surface area contributed by atoms with Crippen LogP contribution in [0.25, 0.3) is 0 Å². The van der Waals surface area contributed by atoms with Crippen molar-refractivity contribution in [3.63, 3.8) is 0 Å². The number of halogens is 1. The molecule has 2 amide bonds. The molecule has 7 heteroatoms. The molecule has 0 aliphatic carbocycles. The highest BCUT2D eigenvalue weighted by molar-refractivity contribution is 9.10. The molecule has 6 nitrogen and oxygen atoms in total. The number of ether oxygens (including phenoxy) is 2.